The van der Waals surface area contributed by atoms with Crippen LogP contribution in [0.5, 0.6) is 0 Å². The second-order valence-electron chi connectivity index (χ2n) is 4.36. The highest BCUT2D eigenvalue weighted by Crippen LogP contribution is 2.21. The number of likely N-dealkylation sites (N-methyl/N-ethyl adjacent to an activating group) is 1. The molecule has 2 unspecified atom stereocenters. The molecule has 0 heterocycles. The second-order valence-corrected chi connectivity index (χ2v) is 4.36. The molecular formula is C14H23NO. The summed E-state index contributed by atoms with van der Waals surface area (Å²) < 4.78 is 0. The number of nitrogens with one attached hydrogen (secondary N) is 1. The summed E-state index contributed by atoms with van der Waals surface area (Å²) in [7, 11) is 0. The third-order valence-electron chi connectivity index (χ3n) is 3.16. The molecule has 0 radical (unpaired) electrons. The average molecular weight is 221 g/mol. The minimum atomic E-state index is -0.413. The van der Waals surface area contributed by atoms with E-state index >= 15 is 0 Å². The maximum atomic E-state index is 10.3. The van der Waals surface area contributed by atoms with Crippen LogP contribution in [0.2, 0.25) is 0 Å². The fraction of sp³-hybridized carbons (Fsp3) is 0.571. The van der Waals surface area contributed by atoms with E-state index in [4.69, 9.17) is 0 Å². The lowest BCUT2D eigenvalue weighted by Crippen LogP contribution is -2.34. The number of rotatable bonds is 5. The fourth-order valence-electron chi connectivity index (χ4n) is 1.92. The predicted molar refractivity (Wildman–Crippen MR) is 68.6 cm³/mol. The van der Waals surface area contributed by atoms with Gasteiger partial charge in [-0.15, -0.1) is 0 Å². The van der Waals surface area contributed by atoms with Crippen molar-refractivity contribution in [2.45, 2.75) is 46.3 Å². The second kappa shape index (κ2) is 6.02. The maximum absolute atomic E-state index is 10.3. The zero-order chi connectivity index (χ0) is 12.1. The van der Waals surface area contributed by atoms with Crippen molar-refractivity contribution >= 4 is 0 Å². The Balaban J connectivity index is 2.85. The van der Waals surface area contributed by atoms with Gasteiger partial charge in [0.25, 0.3) is 0 Å². The van der Waals surface area contributed by atoms with Crippen LogP contribution in [0.1, 0.15) is 43.1 Å². The first-order valence-corrected chi connectivity index (χ1v) is 6.08. The molecule has 0 saturated carbocycles. The summed E-state index contributed by atoms with van der Waals surface area (Å²) in [6.45, 7) is 9.22. The Kier molecular flexibility index (Phi) is 4.97. The summed E-state index contributed by atoms with van der Waals surface area (Å²) in [5, 5.41) is 13.6. The zero-order valence-electron chi connectivity index (χ0n) is 10.7. The van der Waals surface area contributed by atoms with Crippen molar-refractivity contribution in [1.29, 1.82) is 0 Å². The number of aryl methyl sites for hydroxylation is 2. The van der Waals surface area contributed by atoms with Crippen molar-refractivity contribution in [2.75, 3.05) is 6.54 Å². The Morgan fingerprint density at radius 2 is 1.88 bits per heavy atom. The minimum Gasteiger partial charge on any atom is -0.387 e. The molecule has 0 bridgehead atoms. The Labute approximate surface area is 98.7 Å². The fourth-order valence-corrected chi connectivity index (χ4v) is 1.92. The van der Waals surface area contributed by atoms with E-state index in [-0.39, 0.29) is 6.04 Å². The summed E-state index contributed by atoms with van der Waals surface area (Å²) in [5.41, 5.74) is 3.52. The van der Waals surface area contributed by atoms with Gasteiger partial charge in [-0.1, -0.05) is 32.0 Å². The molecule has 2 heteroatoms. The molecule has 0 aromatic heterocycles. The first-order chi connectivity index (χ1) is 7.60. The van der Waals surface area contributed by atoms with Gasteiger partial charge in [-0.05, 0) is 43.5 Å². The van der Waals surface area contributed by atoms with Crippen LogP contribution in [0.25, 0.3) is 0 Å². The van der Waals surface area contributed by atoms with E-state index in [0.29, 0.717) is 0 Å². The highest BCUT2D eigenvalue weighted by Gasteiger charge is 2.18. The maximum Gasteiger partial charge on any atom is 0.0942 e. The molecule has 2 atom stereocenters. The number of aliphatic hydroxyl groups excluding tert-OH is 1. The lowest BCUT2D eigenvalue weighted by Gasteiger charge is -2.23. The number of hydrogen-bond donors (Lipinski definition) is 2. The Morgan fingerprint density at radius 1 is 1.19 bits per heavy atom. The summed E-state index contributed by atoms with van der Waals surface area (Å²) in [6, 6.07) is 6.33. The van der Waals surface area contributed by atoms with Gasteiger partial charge in [0.15, 0.2) is 0 Å². The van der Waals surface area contributed by atoms with Crippen LogP contribution in [-0.2, 0) is 0 Å². The van der Waals surface area contributed by atoms with Gasteiger partial charge in [0.05, 0.1) is 6.10 Å². The third kappa shape index (κ3) is 3.06. The molecule has 2 N–H and O–H groups in total. The Morgan fingerprint density at radius 3 is 2.38 bits per heavy atom. The summed E-state index contributed by atoms with van der Waals surface area (Å²) in [4.78, 5) is 0. The van der Waals surface area contributed by atoms with Crippen LogP contribution >= 0.6 is 0 Å². The van der Waals surface area contributed by atoms with E-state index < -0.39 is 6.10 Å². The highest BCUT2D eigenvalue weighted by atomic mass is 16.3. The Bertz CT molecular complexity index is 336. The van der Waals surface area contributed by atoms with Gasteiger partial charge < -0.3 is 10.4 Å². The van der Waals surface area contributed by atoms with Gasteiger partial charge in [-0.25, -0.2) is 0 Å². The molecule has 0 aliphatic carbocycles. The van der Waals surface area contributed by atoms with Crippen molar-refractivity contribution in [1.82, 2.24) is 5.32 Å². The van der Waals surface area contributed by atoms with Crippen LogP contribution < -0.4 is 5.32 Å². The van der Waals surface area contributed by atoms with Crippen molar-refractivity contribution in [3.63, 3.8) is 0 Å². The van der Waals surface area contributed by atoms with Crippen molar-refractivity contribution in [3.05, 3.63) is 34.9 Å². The summed E-state index contributed by atoms with van der Waals surface area (Å²) in [6.07, 6.45) is 0.520. The molecule has 16 heavy (non-hydrogen) atoms. The average Bonchev–Trinajstić information content (AvgIpc) is 2.28. The van der Waals surface area contributed by atoms with E-state index in [2.05, 4.69) is 45.1 Å². The Hall–Kier alpha value is -0.860. The molecule has 2 nitrogen and oxygen atoms in total. The third-order valence-corrected chi connectivity index (χ3v) is 3.16. The predicted octanol–water partition coefficient (Wildman–Crippen LogP) is 2.72. The summed E-state index contributed by atoms with van der Waals surface area (Å²) >= 11 is 0. The molecule has 90 valence electrons. The highest BCUT2D eigenvalue weighted by molar-refractivity contribution is 5.31. The molecule has 1 rings (SSSR count). The lowest BCUT2D eigenvalue weighted by atomic mass is 9.97. The molecular weight excluding hydrogens is 198 g/mol. The van der Waals surface area contributed by atoms with Crippen LogP contribution in [0.3, 0.4) is 0 Å². The standard InChI is InChI=1S/C14H23NO/c1-5-13(15-6-2)14(16)12-8-7-10(3)11(4)9-12/h7-9,13-16H,5-6H2,1-4H3. The van der Waals surface area contributed by atoms with Gasteiger partial charge in [0.1, 0.15) is 0 Å². The van der Waals surface area contributed by atoms with E-state index in [0.717, 1.165) is 18.5 Å². The number of benzene rings is 1. The van der Waals surface area contributed by atoms with Gasteiger partial charge in [-0.3, -0.25) is 0 Å². The molecule has 1 aromatic carbocycles. The van der Waals surface area contributed by atoms with Gasteiger partial charge in [0.2, 0.25) is 0 Å². The molecule has 0 spiro atoms. The molecule has 1 aromatic rings. The topological polar surface area (TPSA) is 32.3 Å². The normalized spacial score (nSPS) is 14.8. The first-order valence-electron chi connectivity index (χ1n) is 6.08. The quantitative estimate of drug-likeness (QED) is 0.801. The summed E-state index contributed by atoms with van der Waals surface area (Å²) in [5.74, 6) is 0. The largest absolute Gasteiger partial charge is 0.387 e. The smallest absolute Gasteiger partial charge is 0.0942 e. The monoisotopic (exact) mass is 221 g/mol. The van der Waals surface area contributed by atoms with Crippen molar-refractivity contribution < 1.29 is 5.11 Å². The minimum absolute atomic E-state index is 0.145. The van der Waals surface area contributed by atoms with Crippen LogP contribution in [0.4, 0.5) is 0 Å². The van der Waals surface area contributed by atoms with Gasteiger partial charge >= 0.3 is 0 Å². The van der Waals surface area contributed by atoms with Crippen LogP contribution in [-0.4, -0.2) is 17.7 Å². The molecule has 0 amide bonds. The van der Waals surface area contributed by atoms with Crippen molar-refractivity contribution in [3.8, 4) is 0 Å². The number of hydrogen-bond acceptors (Lipinski definition) is 2. The number of aliphatic hydroxyl groups is 1. The zero-order valence-corrected chi connectivity index (χ0v) is 10.7. The molecule has 0 aliphatic heterocycles. The van der Waals surface area contributed by atoms with Crippen molar-refractivity contribution in [2.24, 2.45) is 0 Å². The van der Waals surface area contributed by atoms with Gasteiger partial charge in [0, 0.05) is 6.04 Å². The lowest BCUT2D eigenvalue weighted by molar-refractivity contribution is 0.127. The molecule has 0 fully saturated rings. The first kappa shape index (κ1) is 13.2. The van der Waals surface area contributed by atoms with E-state index in [9.17, 15) is 5.11 Å². The molecule has 0 aliphatic rings. The SMILES string of the molecule is CCNC(CC)C(O)c1ccc(C)c(C)c1. The van der Waals surface area contributed by atoms with E-state index in [1.54, 1.807) is 0 Å². The van der Waals surface area contributed by atoms with E-state index in [1.807, 2.05) is 6.07 Å². The van der Waals surface area contributed by atoms with E-state index in [1.165, 1.54) is 11.1 Å². The van der Waals surface area contributed by atoms with Crippen LogP contribution in [0.15, 0.2) is 18.2 Å². The van der Waals surface area contributed by atoms with Crippen LogP contribution in [0, 0.1) is 13.8 Å². The van der Waals surface area contributed by atoms with Gasteiger partial charge in [-0.2, -0.15) is 0 Å². The molecule has 0 saturated heterocycles.